The first-order valence-corrected chi connectivity index (χ1v) is 2.13. The number of aliphatic hydroxyl groups is 1. The molecule has 0 aliphatic heterocycles. The Labute approximate surface area is 67.7 Å². The molecule has 58 valence electrons. The number of carbonyl (C=O) groups excluding carboxylic acids is 1. The maximum atomic E-state index is 8.89. The molecule has 9 heavy (non-hydrogen) atoms. The van der Waals surface area contributed by atoms with Gasteiger partial charge in [-0.1, -0.05) is 0 Å². The Morgan fingerprint density at radius 1 is 1.78 bits per heavy atom. The first-order valence-electron chi connectivity index (χ1n) is 2.13. The van der Waals surface area contributed by atoms with E-state index in [1.165, 1.54) is 0 Å². The molecule has 0 aliphatic rings. The summed E-state index contributed by atoms with van der Waals surface area (Å²) in [5, 5.41) is 16.6. The van der Waals surface area contributed by atoms with E-state index in [4.69, 9.17) is 20.7 Å². The molecule has 0 fully saturated rings. The zero-order chi connectivity index (χ0) is 6.99. The Balaban J connectivity index is -0.0000000720. The third kappa shape index (κ3) is 266. The Morgan fingerprint density at radius 3 is 1.89 bits per heavy atom. The molecule has 0 radical (unpaired) electrons. The Hall–Kier alpha value is 0.0523. The maximum Gasteiger partial charge on any atom is 2.00 e. The van der Waals surface area contributed by atoms with Crippen LogP contribution in [0.5, 0.6) is 0 Å². The summed E-state index contributed by atoms with van der Waals surface area (Å²) in [5.41, 5.74) is 4.78. The van der Waals surface area contributed by atoms with Crippen LogP contribution >= 0.6 is 0 Å². The van der Waals surface area contributed by atoms with Gasteiger partial charge in [0.1, 0.15) is 0 Å². The van der Waals surface area contributed by atoms with Crippen molar-refractivity contribution in [2.45, 2.75) is 6.92 Å². The normalized spacial score (nSPS) is 6.11. The first-order chi connectivity index (χ1) is 3.65. The Bertz CT molecular complexity index is 53.8. The zero-order valence-electron chi connectivity index (χ0n) is 5.07. The molecule has 0 aliphatic carbocycles. The van der Waals surface area contributed by atoms with Crippen molar-refractivity contribution in [3.63, 3.8) is 0 Å². The minimum atomic E-state index is -1.08. The number of carboxylic acids is 1. The number of carbonyl (C=O) groups is 1. The second-order valence-electron chi connectivity index (χ2n) is 1.00. The van der Waals surface area contributed by atoms with Gasteiger partial charge < -0.3 is 20.7 Å². The van der Waals surface area contributed by atoms with E-state index in [9.17, 15) is 0 Å². The smallest absolute Gasteiger partial charge is 0.550 e. The van der Waals surface area contributed by atoms with Gasteiger partial charge in [-0.2, -0.15) is 0 Å². The van der Waals surface area contributed by atoms with Gasteiger partial charge in [-0.05, 0) is 6.92 Å². The molecule has 0 saturated carbocycles. The van der Waals surface area contributed by atoms with E-state index in [1.807, 2.05) is 0 Å². The van der Waals surface area contributed by atoms with Gasteiger partial charge in [0.25, 0.3) is 0 Å². The van der Waals surface area contributed by atoms with Crippen LogP contribution in [-0.4, -0.2) is 24.2 Å². The van der Waals surface area contributed by atoms with Crippen LogP contribution in [0.25, 0.3) is 0 Å². The minimum absolute atomic E-state index is 0. The van der Waals surface area contributed by atoms with E-state index in [-0.39, 0.29) is 27.0 Å². The van der Waals surface area contributed by atoms with Gasteiger partial charge >= 0.3 is 20.4 Å². The fraction of sp³-hybridized carbons (Fsp3) is 0.750. The molecule has 0 spiro atoms. The second-order valence-corrected chi connectivity index (χ2v) is 1.00. The van der Waals surface area contributed by atoms with Gasteiger partial charge in [0.2, 0.25) is 0 Å². The second kappa shape index (κ2) is 15.7. The van der Waals surface area contributed by atoms with E-state index in [0.717, 1.165) is 6.92 Å². The van der Waals surface area contributed by atoms with E-state index < -0.39 is 5.97 Å². The van der Waals surface area contributed by atoms with Crippen molar-refractivity contribution in [1.29, 1.82) is 0 Å². The third-order valence-electron chi connectivity index (χ3n) is 0.129. The van der Waals surface area contributed by atoms with Gasteiger partial charge in [-0.25, -0.2) is 0 Å². The number of aliphatic carboxylic acids is 1. The summed E-state index contributed by atoms with van der Waals surface area (Å²) in [7, 11) is 0. The van der Waals surface area contributed by atoms with Crippen LogP contribution in [0.1, 0.15) is 6.92 Å². The summed E-state index contributed by atoms with van der Waals surface area (Å²) in [5.74, 6) is -1.08. The fourth-order valence-corrected chi connectivity index (χ4v) is 0. The quantitative estimate of drug-likeness (QED) is 0.492. The molecule has 0 atom stereocenters. The van der Waals surface area contributed by atoms with E-state index in [0.29, 0.717) is 6.54 Å². The van der Waals surface area contributed by atoms with Crippen molar-refractivity contribution >= 4 is 5.97 Å². The molecule has 0 aromatic carbocycles. The summed E-state index contributed by atoms with van der Waals surface area (Å²) in [4.78, 5) is 8.89. The number of nitrogens with two attached hydrogens (primary N) is 1. The molecule has 0 heterocycles. The van der Waals surface area contributed by atoms with Gasteiger partial charge in [0, 0.05) is 12.5 Å². The summed E-state index contributed by atoms with van der Waals surface area (Å²) in [6, 6.07) is 0. The van der Waals surface area contributed by atoms with Crippen LogP contribution in [0.15, 0.2) is 0 Å². The van der Waals surface area contributed by atoms with Crippen LogP contribution in [-0.2, 0) is 25.2 Å². The molecular weight excluding hydrogens is 216 g/mol. The van der Waals surface area contributed by atoms with Crippen LogP contribution in [0.2, 0.25) is 0 Å². The molecule has 3 N–H and O–H groups in total. The van der Waals surface area contributed by atoms with Gasteiger partial charge in [0.15, 0.2) is 0 Å². The number of hydrogen-bond donors (Lipinski definition) is 2. The SMILES string of the molecule is CC(=O)[O-].NCCO.[Pd+2]. The molecule has 0 amide bonds. The summed E-state index contributed by atoms with van der Waals surface area (Å²) >= 11 is 0. The summed E-state index contributed by atoms with van der Waals surface area (Å²) in [6.45, 7) is 1.44. The van der Waals surface area contributed by atoms with Crippen molar-refractivity contribution in [3.8, 4) is 0 Å². The summed E-state index contributed by atoms with van der Waals surface area (Å²) in [6.07, 6.45) is 0. The van der Waals surface area contributed by atoms with Gasteiger partial charge in [0.05, 0.1) is 6.61 Å². The first kappa shape index (κ1) is 16.0. The van der Waals surface area contributed by atoms with Gasteiger partial charge in [-0.3, -0.25) is 0 Å². The average Bonchev–Trinajstić information content (AvgIpc) is 1.65. The predicted octanol–water partition coefficient (Wildman–Crippen LogP) is -2.31. The van der Waals surface area contributed by atoms with Gasteiger partial charge in [-0.15, -0.1) is 0 Å². The summed E-state index contributed by atoms with van der Waals surface area (Å²) < 4.78 is 0. The van der Waals surface area contributed by atoms with E-state index >= 15 is 0 Å². The largest absolute Gasteiger partial charge is 2.00 e. The molecule has 0 rings (SSSR count). The average molecular weight is 227 g/mol. The fourth-order valence-electron chi connectivity index (χ4n) is 0. The van der Waals surface area contributed by atoms with Crippen molar-refractivity contribution in [1.82, 2.24) is 0 Å². The molecular formula is C4H10NO3Pd+. The third-order valence-corrected chi connectivity index (χ3v) is 0.129. The van der Waals surface area contributed by atoms with Crippen LogP contribution in [0.4, 0.5) is 0 Å². The molecule has 0 bridgehead atoms. The number of hydrogen-bond acceptors (Lipinski definition) is 4. The van der Waals surface area contributed by atoms with E-state index in [2.05, 4.69) is 0 Å². The van der Waals surface area contributed by atoms with Crippen LogP contribution in [0.3, 0.4) is 0 Å². The van der Waals surface area contributed by atoms with Crippen molar-refractivity contribution in [3.05, 3.63) is 0 Å². The Kier molecular flexibility index (Phi) is 27.9. The standard InChI is InChI=1S/C2H7NO.C2H4O2.Pd/c3-1-2-4;1-2(3)4;/h4H,1-3H2;1H3,(H,3,4);/q;;+2/p-1. The van der Waals surface area contributed by atoms with Crippen molar-refractivity contribution in [2.75, 3.05) is 13.2 Å². The molecule has 0 saturated heterocycles. The topological polar surface area (TPSA) is 86.4 Å². The predicted molar refractivity (Wildman–Crippen MR) is 26.8 cm³/mol. The van der Waals surface area contributed by atoms with Crippen LogP contribution in [0, 0.1) is 0 Å². The van der Waals surface area contributed by atoms with Crippen LogP contribution < -0.4 is 10.8 Å². The molecule has 0 unspecified atom stereocenters. The Morgan fingerprint density at radius 2 is 1.89 bits per heavy atom. The molecule has 0 aromatic rings. The maximum absolute atomic E-state index is 8.89. The number of carboxylic acid groups (broad SMARTS) is 1. The molecule has 4 nitrogen and oxygen atoms in total. The van der Waals surface area contributed by atoms with Crippen molar-refractivity contribution < 1.29 is 35.4 Å². The number of aliphatic hydroxyl groups excluding tert-OH is 1. The monoisotopic (exact) mass is 226 g/mol. The van der Waals surface area contributed by atoms with Crippen molar-refractivity contribution in [2.24, 2.45) is 5.73 Å². The molecule has 5 heteroatoms. The zero-order valence-corrected chi connectivity index (χ0v) is 6.63. The minimum Gasteiger partial charge on any atom is -0.550 e. The number of rotatable bonds is 1. The molecule has 0 aromatic heterocycles. The van der Waals surface area contributed by atoms with E-state index in [1.54, 1.807) is 0 Å².